The minimum Gasteiger partial charge on any atom is -0.459 e. The van der Waals surface area contributed by atoms with Gasteiger partial charge in [-0.1, -0.05) is 19.3 Å². The normalized spacial score (nSPS) is 21.1. The van der Waals surface area contributed by atoms with Crippen LogP contribution in [0.3, 0.4) is 0 Å². The van der Waals surface area contributed by atoms with Gasteiger partial charge < -0.3 is 4.74 Å². The Morgan fingerprint density at radius 3 is 2.20 bits per heavy atom. The molecule has 1 fully saturated rings. The minimum absolute atomic E-state index is 0.211. The molecule has 0 amide bonds. The first-order chi connectivity index (χ1) is 6.90. The fourth-order valence-corrected chi connectivity index (χ4v) is 1.94. The molecule has 0 bridgehead atoms. The second-order valence-electron chi connectivity index (χ2n) is 5.29. The van der Waals surface area contributed by atoms with Crippen LogP contribution in [0.5, 0.6) is 0 Å². The number of hydrazine groups is 1. The molecular weight excluding hydrogens is 192 g/mol. The zero-order chi connectivity index (χ0) is 11.5. The van der Waals surface area contributed by atoms with Crippen LogP contribution in [0.1, 0.15) is 52.9 Å². The van der Waals surface area contributed by atoms with E-state index in [-0.39, 0.29) is 5.97 Å². The third-order valence-corrected chi connectivity index (χ3v) is 2.77. The summed E-state index contributed by atoms with van der Waals surface area (Å²) < 4.78 is 5.39. The van der Waals surface area contributed by atoms with E-state index in [1.807, 2.05) is 20.8 Å². The van der Waals surface area contributed by atoms with Gasteiger partial charge in [-0.2, -0.15) is 0 Å². The maximum Gasteiger partial charge on any atom is 0.328 e. The molecule has 0 aromatic rings. The third kappa shape index (κ3) is 3.18. The van der Waals surface area contributed by atoms with Gasteiger partial charge in [0.15, 0.2) is 0 Å². The van der Waals surface area contributed by atoms with Gasteiger partial charge in [0.1, 0.15) is 11.1 Å². The van der Waals surface area contributed by atoms with E-state index in [1.54, 1.807) is 0 Å². The van der Waals surface area contributed by atoms with Crippen molar-refractivity contribution in [3.8, 4) is 0 Å². The van der Waals surface area contributed by atoms with Gasteiger partial charge in [0.25, 0.3) is 0 Å². The van der Waals surface area contributed by atoms with Gasteiger partial charge in [-0.15, -0.1) is 0 Å². The topological polar surface area (TPSA) is 64.3 Å². The Morgan fingerprint density at radius 2 is 1.80 bits per heavy atom. The Balaban J connectivity index is 2.68. The molecule has 1 aliphatic rings. The monoisotopic (exact) mass is 214 g/mol. The fourth-order valence-electron chi connectivity index (χ4n) is 1.94. The van der Waals surface area contributed by atoms with Crippen LogP contribution in [0, 0.1) is 0 Å². The Morgan fingerprint density at radius 1 is 1.27 bits per heavy atom. The third-order valence-electron chi connectivity index (χ3n) is 2.77. The van der Waals surface area contributed by atoms with E-state index in [0.717, 1.165) is 25.7 Å². The van der Waals surface area contributed by atoms with Crippen molar-refractivity contribution in [2.75, 3.05) is 0 Å². The summed E-state index contributed by atoms with van der Waals surface area (Å²) in [7, 11) is 0. The lowest BCUT2D eigenvalue weighted by Crippen LogP contribution is -2.58. The van der Waals surface area contributed by atoms with Crippen molar-refractivity contribution in [1.29, 1.82) is 0 Å². The number of nitrogens with two attached hydrogens (primary N) is 1. The van der Waals surface area contributed by atoms with E-state index >= 15 is 0 Å². The molecule has 4 nitrogen and oxygen atoms in total. The zero-order valence-corrected chi connectivity index (χ0v) is 9.93. The summed E-state index contributed by atoms with van der Waals surface area (Å²) in [6.45, 7) is 5.62. The van der Waals surface area contributed by atoms with Crippen molar-refractivity contribution >= 4 is 5.97 Å². The molecule has 3 N–H and O–H groups in total. The van der Waals surface area contributed by atoms with Gasteiger partial charge in [-0.25, -0.2) is 10.2 Å². The molecule has 4 heteroatoms. The molecule has 0 unspecified atom stereocenters. The van der Waals surface area contributed by atoms with Crippen LogP contribution in [-0.4, -0.2) is 17.1 Å². The number of esters is 1. The standard InChI is InChI=1S/C11H22N2O2/c1-10(2,3)15-9(14)11(13-12)7-5-4-6-8-11/h13H,4-8,12H2,1-3H3. The molecule has 1 saturated carbocycles. The fraction of sp³-hybridized carbons (Fsp3) is 0.909. The summed E-state index contributed by atoms with van der Waals surface area (Å²) in [4.78, 5) is 12.0. The van der Waals surface area contributed by atoms with Gasteiger partial charge in [0, 0.05) is 0 Å². The zero-order valence-electron chi connectivity index (χ0n) is 9.93. The number of hydrogen-bond acceptors (Lipinski definition) is 4. The highest BCUT2D eigenvalue weighted by atomic mass is 16.6. The molecule has 1 rings (SSSR count). The Bertz CT molecular complexity index is 227. The first-order valence-electron chi connectivity index (χ1n) is 5.61. The van der Waals surface area contributed by atoms with Crippen molar-refractivity contribution in [1.82, 2.24) is 5.43 Å². The van der Waals surface area contributed by atoms with Crippen LogP contribution in [-0.2, 0) is 9.53 Å². The predicted octanol–water partition coefficient (Wildman–Crippen LogP) is 1.49. The first kappa shape index (κ1) is 12.5. The molecular formula is C11H22N2O2. The van der Waals surface area contributed by atoms with Crippen LogP contribution >= 0.6 is 0 Å². The quantitative estimate of drug-likeness (QED) is 0.415. The minimum atomic E-state index is -0.647. The average Bonchev–Trinajstić information content (AvgIpc) is 2.16. The van der Waals surface area contributed by atoms with Crippen molar-refractivity contribution in [3.63, 3.8) is 0 Å². The van der Waals surface area contributed by atoms with E-state index in [0.29, 0.717) is 0 Å². The smallest absolute Gasteiger partial charge is 0.328 e. The van der Waals surface area contributed by atoms with Gasteiger partial charge in [0.05, 0.1) is 0 Å². The largest absolute Gasteiger partial charge is 0.459 e. The van der Waals surface area contributed by atoms with Crippen LogP contribution in [0.15, 0.2) is 0 Å². The van der Waals surface area contributed by atoms with E-state index in [4.69, 9.17) is 10.6 Å². The average molecular weight is 214 g/mol. The number of hydrogen-bond donors (Lipinski definition) is 2. The molecule has 0 aliphatic heterocycles. The molecule has 0 atom stereocenters. The molecule has 0 spiro atoms. The lowest BCUT2D eigenvalue weighted by Gasteiger charge is -2.36. The lowest BCUT2D eigenvalue weighted by molar-refractivity contribution is -0.165. The Kier molecular flexibility index (Phi) is 3.73. The van der Waals surface area contributed by atoms with Crippen LogP contribution in [0.4, 0.5) is 0 Å². The number of carbonyl (C=O) groups is 1. The Hall–Kier alpha value is -0.610. The van der Waals surface area contributed by atoms with Crippen molar-refractivity contribution in [3.05, 3.63) is 0 Å². The second-order valence-corrected chi connectivity index (χ2v) is 5.29. The summed E-state index contributed by atoms with van der Waals surface area (Å²) in [5.41, 5.74) is 1.57. The summed E-state index contributed by atoms with van der Waals surface area (Å²) in [6, 6.07) is 0. The van der Waals surface area contributed by atoms with Gasteiger partial charge >= 0.3 is 5.97 Å². The van der Waals surface area contributed by atoms with Crippen LogP contribution < -0.4 is 11.3 Å². The van der Waals surface area contributed by atoms with Gasteiger partial charge in [0.2, 0.25) is 0 Å². The van der Waals surface area contributed by atoms with Crippen LogP contribution in [0.25, 0.3) is 0 Å². The molecule has 15 heavy (non-hydrogen) atoms. The highest BCUT2D eigenvalue weighted by molar-refractivity contribution is 5.81. The number of nitrogens with one attached hydrogen (secondary N) is 1. The first-order valence-corrected chi connectivity index (χ1v) is 5.61. The molecule has 0 heterocycles. The maximum atomic E-state index is 12.0. The SMILES string of the molecule is CC(C)(C)OC(=O)C1(NN)CCCCC1. The summed E-state index contributed by atoms with van der Waals surface area (Å²) in [5, 5.41) is 0. The molecule has 1 aliphatic carbocycles. The Labute approximate surface area is 91.5 Å². The molecule has 0 aromatic carbocycles. The van der Waals surface area contributed by atoms with E-state index in [9.17, 15) is 4.79 Å². The van der Waals surface area contributed by atoms with Crippen molar-refractivity contribution in [2.45, 2.75) is 64.0 Å². The predicted molar refractivity (Wildman–Crippen MR) is 59.0 cm³/mol. The number of rotatable bonds is 2. The maximum absolute atomic E-state index is 12.0. The van der Waals surface area contributed by atoms with Gasteiger partial charge in [-0.05, 0) is 33.6 Å². The molecule has 0 aromatic heterocycles. The van der Waals surface area contributed by atoms with Gasteiger partial charge in [-0.3, -0.25) is 5.84 Å². The molecule has 88 valence electrons. The van der Waals surface area contributed by atoms with E-state index in [1.165, 1.54) is 6.42 Å². The highest BCUT2D eigenvalue weighted by Gasteiger charge is 2.41. The molecule has 0 radical (unpaired) electrons. The summed E-state index contributed by atoms with van der Waals surface area (Å²) in [6.07, 6.45) is 4.79. The second kappa shape index (κ2) is 4.49. The van der Waals surface area contributed by atoms with E-state index < -0.39 is 11.1 Å². The van der Waals surface area contributed by atoms with Crippen molar-refractivity contribution in [2.24, 2.45) is 5.84 Å². The van der Waals surface area contributed by atoms with E-state index in [2.05, 4.69) is 5.43 Å². The number of ether oxygens (including phenoxy) is 1. The lowest BCUT2D eigenvalue weighted by atomic mass is 9.82. The van der Waals surface area contributed by atoms with Crippen LogP contribution in [0.2, 0.25) is 0 Å². The highest BCUT2D eigenvalue weighted by Crippen LogP contribution is 2.29. The molecule has 0 saturated heterocycles. The summed E-state index contributed by atoms with van der Waals surface area (Å²) in [5.74, 6) is 5.30. The van der Waals surface area contributed by atoms with Crippen molar-refractivity contribution < 1.29 is 9.53 Å². The number of carbonyl (C=O) groups excluding carboxylic acids is 1. The summed E-state index contributed by atoms with van der Waals surface area (Å²) >= 11 is 0.